The molecule has 1 aromatic carbocycles. The fourth-order valence-corrected chi connectivity index (χ4v) is 4.07. The Bertz CT molecular complexity index is 1010. The lowest BCUT2D eigenvalue weighted by atomic mass is 9.95. The summed E-state index contributed by atoms with van der Waals surface area (Å²) in [5, 5.41) is 11.9. The fraction of sp³-hybridized carbons (Fsp3) is 0.458. The summed E-state index contributed by atoms with van der Waals surface area (Å²) in [4.78, 5) is 37.8. The molecule has 1 heterocycles. The van der Waals surface area contributed by atoms with Gasteiger partial charge in [-0.25, -0.2) is 9.18 Å². The first-order chi connectivity index (χ1) is 14.8. The van der Waals surface area contributed by atoms with Crippen LogP contribution in [-0.2, 0) is 24.2 Å². The van der Waals surface area contributed by atoms with Gasteiger partial charge in [-0.1, -0.05) is 38.8 Å². The van der Waals surface area contributed by atoms with E-state index in [0.717, 1.165) is 55.3 Å². The Morgan fingerprint density at radius 3 is 2.35 bits per heavy atom. The van der Waals surface area contributed by atoms with Crippen LogP contribution in [0.1, 0.15) is 66.7 Å². The molecular formula is C24H29FN2O4. The summed E-state index contributed by atoms with van der Waals surface area (Å²) in [5.41, 5.74) is 2.12. The topological polar surface area (TPSA) is 88.4 Å². The van der Waals surface area contributed by atoms with Crippen LogP contribution in [-0.4, -0.2) is 27.6 Å². The smallest absolute Gasteiger partial charge is 0.326 e. The number of amides is 1. The van der Waals surface area contributed by atoms with Gasteiger partial charge in [0.2, 0.25) is 0 Å². The van der Waals surface area contributed by atoms with E-state index in [2.05, 4.69) is 5.32 Å². The van der Waals surface area contributed by atoms with Crippen LogP contribution in [0.25, 0.3) is 0 Å². The molecule has 3 rings (SSSR count). The summed E-state index contributed by atoms with van der Waals surface area (Å²) in [6.45, 7) is 3.63. The van der Waals surface area contributed by atoms with Crippen LogP contribution < -0.4 is 10.9 Å². The molecule has 0 saturated carbocycles. The highest BCUT2D eigenvalue weighted by Crippen LogP contribution is 2.21. The van der Waals surface area contributed by atoms with Gasteiger partial charge in [-0.05, 0) is 60.9 Å². The molecule has 1 amide bonds. The van der Waals surface area contributed by atoms with Gasteiger partial charge in [-0.15, -0.1) is 0 Å². The van der Waals surface area contributed by atoms with E-state index in [1.54, 1.807) is 36.6 Å². The Kier molecular flexibility index (Phi) is 7.25. The van der Waals surface area contributed by atoms with Crippen molar-refractivity contribution < 1.29 is 19.1 Å². The number of pyridine rings is 1. The molecule has 1 atom stereocenters. The molecule has 0 radical (unpaired) electrons. The number of hydrogen-bond acceptors (Lipinski definition) is 3. The quantitative estimate of drug-likeness (QED) is 0.737. The number of aliphatic carboxylic acids is 1. The number of carboxylic acids is 1. The van der Waals surface area contributed by atoms with E-state index in [-0.39, 0.29) is 23.8 Å². The molecule has 2 aromatic rings. The van der Waals surface area contributed by atoms with Gasteiger partial charge >= 0.3 is 5.97 Å². The third kappa shape index (κ3) is 5.40. The van der Waals surface area contributed by atoms with Gasteiger partial charge in [-0.2, -0.15) is 0 Å². The second-order valence-electron chi connectivity index (χ2n) is 8.50. The SMILES string of the molecule is CC(C)C(NC(=O)c1cc2c(n(Cc3ccc(F)cc3)c1=O)CCCCCC2)C(=O)O. The fourth-order valence-electron chi connectivity index (χ4n) is 4.07. The second-order valence-corrected chi connectivity index (χ2v) is 8.50. The standard InChI is InChI=1S/C24H29FN2O4/c1-15(2)21(24(30)31)26-22(28)19-13-17-7-5-3-4-6-8-20(17)27(23(19)29)14-16-9-11-18(25)12-10-16/h9-13,15,21H,3-8,14H2,1-2H3,(H,26,28)(H,30,31). The summed E-state index contributed by atoms with van der Waals surface area (Å²) < 4.78 is 14.9. The van der Waals surface area contributed by atoms with Crippen LogP contribution in [0.15, 0.2) is 35.1 Å². The number of fused-ring (bicyclic) bond motifs is 1. The largest absolute Gasteiger partial charge is 0.480 e. The number of carbonyl (C=O) groups excluding carboxylic acids is 1. The first-order valence-electron chi connectivity index (χ1n) is 10.8. The maximum atomic E-state index is 13.4. The molecule has 0 aliphatic heterocycles. The third-order valence-corrected chi connectivity index (χ3v) is 5.82. The number of nitrogens with one attached hydrogen (secondary N) is 1. The van der Waals surface area contributed by atoms with Gasteiger partial charge in [0, 0.05) is 5.69 Å². The molecule has 6 nitrogen and oxygen atoms in total. The molecule has 1 aliphatic rings. The number of aryl methyl sites for hydroxylation is 1. The highest BCUT2D eigenvalue weighted by molar-refractivity contribution is 5.96. The minimum Gasteiger partial charge on any atom is -0.480 e. The van der Waals surface area contributed by atoms with Crippen molar-refractivity contribution in [3.8, 4) is 0 Å². The lowest BCUT2D eigenvalue weighted by Crippen LogP contribution is -2.46. The Labute approximate surface area is 181 Å². The zero-order chi connectivity index (χ0) is 22.5. The second kappa shape index (κ2) is 9.90. The van der Waals surface area contributed by atoms with Crippen molar-refractivity contribution in [1.29, 1.82) is 0 Å². The van der Waals surface area contributed by atoms with E-state index in [1.165, 1.54) is 12.1 Å². The number of carbonyl (C=O) groups is 2. The Morgan fingerprint density at radius 2 is 1.74 bits per heavy atom. The monoisotopic (exact) mass is 428 g/mol. The van der Waals surface area contributed by atoms with Crippen LogP contribution in [0.3, 0.4) is 0 Å². The summed E-state index contributed by atoms with van der Waals surface area (Å²) in [7, 11) is 0. The lowest BCUT2D eigenvalue weighted by Gasteiger charge is -2.22. The highest BCUT2D eigenvalue weighted by atomic mass is 19.1. The summed E-state index contributed by atoms with van der Waals surface area (Å²) in [6, 6.07) is 6.51. The molecule has 0 spiro atoms. The van der Waals surface area contributed by atoms with E-state index >= 15 is 0 Å². The Balaban J connectivity index is 2.06. The molecule has 0 fully saturated rings. The zero-order valence-electron chi connectivity index (χ0n) is 18.0. The van der Waals surface area contributed by atoms with Gasteiger partial charge in [-0.3, -0.25) is 9.59 Å². The number of carboxylic acid groups (broad SMARTS) is 1. The van der Waals surface area contributed by atoms with Crippen LogP contribution in [0.5, 0.6) is 0 Å². The van der Waals surface area contributed by atoms with Crippen LogP contribution in [0.4, 0.5) is 4.39 Å². The Morgan fingerprint density at radius 1 is 1.10 bits per heavy atom. The van der Waals surface area contributed by atoms with Crippen molar-refractivity contribution >= 4 is 11.9 Å². The predicted molar refractivity (Wildman–Crippen MR) is 116 cm³/mol. The normalized spacial score (nSPS) is 15.0. The van der Waals surface area contributed by atoms with Crippen molar-refractivity contribution in [3.63, 3.8) is 0 Å². The molecule has 0 saturated heterocycles. The number of nitrogens with zero attached hydrogens (tertiary/aromatic N) is 1. The average Bonchev–Trinajstić information content (AvgIpc) is 2.70. The number of aromatic nitrogens is 1. The minimum absolute atomic E-state index is 0.0478. The molecule has 2 N–H and O–H groups in total. The number of benzene rings is 1. The maximum absolute atomic E-state index is 13.4. The molecule has 0 bridgehead atoms. The van der Waals surface area contributed by atoms with E-state index in [9.17, 15) is 23.9 Å². The highest BCUT2D eigenvalue weighted by Gasteiger charge is 2.27. The molecule has 1 aliphatic carbocycles. The first kappa shape index (κ1) is 22.7. The van der Waals surface area contributed by atoms with Crippen molar-refractivity contribution in [1.82, 2.24) is 9.88 Å². The van der Waals surface area contributed by atoms with E-state index in [4.69, 9.17) is 0 Å². The van der Waals surface area contributed by atoms with Gasteiger partial charge in [0.05, 0.1) is 6.54 Å². The number of halogens is 1. The Hall–Kier alpha value is -2.96. The third-order valence-electron chi connectivity index (χ3n) is 5.82. The number of rotatable bonds is 6. The molecule has 31 heavy (non-hydrogen) atoms. The summed E-state index contributed by atoms with van der Waals surface area (Å²) >= 11 is 0. The molecule has 1 aromatic heterocycles. The summed E-state index contributed by atoms with van der Waals surface area (Å²) in [6.07, 6.45) is 5.58. The van der Waals surface area contributed by atoms with Crippen LogP contribution >= 0.6 is 0 Å². The van der Waals surface area contributed by atoms with E-state index in [0.29, 0.717) is 0 Å². The molecule has 166 valence electrons. The van der Waals surface area contributed by atoms with E-state index in [1.807, 2.05) is 0 Å². The van der Waals surface area contributed by atoms with Crippen molar-refractivity contribution in [2.45, 2.75) is 65.0 Å². The van der Waals surface area contributed by atoms with Crippen molar-refractivity contribution in [2.24, 2.45) is 5.92 Å². The molecular weight excluding hydrogens is 399 g/mol. The first-order valence-corrected chi connectivity index (χ1v) is 10.8. The van der Waals surface area contributed by atoms with Crippen molar-refractivity contribution in [3.05, 3.63) is 68.9 Å². The maximum Gasteiger partial charge on any atom is 0.326 e. The molecule has 7 heteroatoms. The van der Waals surface area contributed by atoms with Gasteiger partial charge < -0.3 is 15.0 Å². The number of hydrogen-bond donors (Lipinski definition) is 2. The zero-order valence-corrected chi connectivity index (χ0v) is 18.0. The van der Waals surface area contributed by atoms with Crippen LogP contribution in [0.2, 0.25) is 0 Å². The lowest BCUT2D eigenvalue weighted by molar-refractivity contribution is -0.140. The van der Waals surface area contributed by atoms with Gasteiger partial charge in [0.1, 0.15) is 17.4 Å². The molecule has 1 unspecified atom stereocenters. The average molecular weight is 429 g/mol. The van der Waals surface area contributed by atoms with Gasteiger partial charge in [0.25, 0.3) is 11.5 Å². The summed E-state index contributed by atoms with van der Waals surface area (Å²) in [5.74, 6) is -2.50. The van der Waals surface area contributed by atoms with Gasteiger partial charge in [0.15, 0.2) is 0 Å². The predicted octanol–water partition coefficient (Wildman–Crippen LogP) is 3.53. The van der Waals surface area contributed by atoms with E-state index < -0.39 is 23.5 Å². The van der Waals surface area contributed by atoms with Crippen molar-refractivity contribution in [2.75, 3.05) is 0 Å². The van der Waals surface area contributed by atoms with Crippen LogP contribution in [0, 0.1) is 11.7 Å². The minimum atomic E-state index is -1.14.